The van der Waals surface area contributed by atoms with E-state index in [0.29, 0.717) is 5.75 Å². The highest BCUT2D eigenvalue weighted by Gasteiger charge is 2.19. The van der Waals surface area contributed by atoms with Gasteiger partial charge >= 0.3 is 0 Å². The van der Waals surface area contributed by atoms with Crippen LogP contribution in [0.2, 0.25) is 0 Å². The highest BCUT2D eigenvalue weighted by atomic mass is 16.5. The molecule has 0 unspecified atom stereocenters. The molecule has 1 amide bonds. The first-order chi connectivity index (χ1) is 15.5. The van der Waals surface area contributed by atoms with Crippen LogP contribution >= 0.6 is 0 Å². The fraction of sp³-hybridized carbons (Fsp3) is 0.462. The molecule has 0 bridgehead atoms. The number of anilines is 1. The SMILES string of the molecule is CCCn1c(CN2CCC(C)CC2)nc2cc(NC(=O)COc3ccc(C)cc3)ccc21. The zero-order valence-corrected chi connectivity index (χ0v) is 19.4. The molecule has 0 aliphatic carbocycles. The van der Waals surface area contributed by atoms with Crippen molar-refractivity contribution >= 4 is 22.6 Å². The molecule has 4 rings (SSSR count). The average molecular weight is 435 g/mol. The monoisotopic (exact) mass is 434 g/mol. The Morgan fingerprint density at radius 1 is 1.16 bits per heavy atom. The van der Waals surface area contributed by atoms with Crippen LogP contribution in [-0.2, 0) is 17.9 Å². The van der Waals surface area contributed by atoms with Gasteiger partial charge in [-0.15, -0.1) is 0 Å². The van der Waals surface area contributed by atoms with Gasteiger partial charge in [0, 0.05) is 12.2 Å². The van der Waals surface area contributed by atoms with Crippen molar-refractivity contribution in [2.24, 2.45) is 5.92 Å². The first-order valence-electron chi connectivity index (χ1n) is 11.7. The Bertz CT molecular complexity index is 1050. The number of aromatic nitrogens is 2. The van der Waals surface area contributed by atoms with Crippen LogP contribution in [0.1, 0.15) is 44.5 Å². The minimum Gasteiger partial charge on any atom is -0.484 e. The van der Waals surface area contributed by atoms with Gasteiger partial charge in [-0.1, -0.05) is 31.5 Å². The molecule has 6 heteroatoms. The van der Waals surface area contributed by atoms with Gasteiger partial charge in [-0.3, -0.25) is 9.69 Å². The van der Waals surface area contributed by atoms with Crippen LogP contribution < -0.4 is 10.1 Å². The Labute approximate surface area is 190 Å². The van der Waals surface area contributed by atoms with Crippen molar-refractivity contribution < 1.29 is 9.53 Å². The van der Waals surface area contributed by atoms with E-state index >= 15 is 0 Å². The number of carbonyl (C=O) groups excluding carboxylic acids is 1. The summed E-state index contributed by atoms with van der Waals surface area (Å²) in [6.07, 6.45) is 3.58. The number of ether oxygens (including phenoxy) is 1. The average Bonchev–Trinajstić information content (AvgIpc) is 3.11. The van der Waals surface area contributed by atoms with E-state index < -0.39 is 0 Å². The summed E-state index contributed by atoms with van der Waals surface area (Å²) in [6.45, 7) is 10.6. The van der Waals surface area contributed by atoms with E-state index in [1.54, 1.807) is 0 Å². The first kappa shape index (κ1) is 22.3. The summed E-state index contributed by atoms with van der Waals surface area (Å²) in [5, 5.41) is 2.94. The van der Waals surface area contributed by atoms with Crippen LogP contribution in [-0.4, -0.2) is 40.1 Å². The predicted molar refractivity (Wildman–Crippen MR) is 129 cm³/mol. The molecule has 0 radical (unpaired) electrons. The minimum atomic E-state index is -0.180. The number of piperidine rings is 1. The van der Waals surface area contributed by atoms with E-state index in [0.717, 1.165) is 66.6 Å². The van der Waals surface area contributed by atoms with Crippen LogP contribution in [0, 0.1) is 12.8 Å². The number of imidazole rings is 1. The number of carbonyl (C=O) groups is 1. The number of likely N-dealkylation sites (tertiary alicyclic amines) is 1. The Morgan fingerprint density at radius 3 is 2.62 bits per heavy atom. The van der Waals surface area contributed by atoms with Gasteiger partial charge in [0.1, 0.15) is 11.6 Å². The summed E-state index contributed by atoms with van der Waals surface area (Å²) in [6, 6.07) is 13.7. The molecule has 1 fully saturated rings. The fourth-order valence-electron chi connectivity index (χ4n) is 4.25. The summed E-state index contributed by atoms with van der Waals surface area (Å²) >= 11 is 0. The number of amides is 1. The molecule has 0 spiro atoms. The van der Waals surface area contributed by atoms with E-state index in [4.69, 9.17) is 9.72 Å². The maximum Gasteiger partial charge on any atom is 0.262 e. The quantitative estimate of drug-likeness (QED) is 0.542. The van der Waals surface area contributed by atoms with E-state index in [9.17, 15) is 4.79 Å². The molecule has 0 saturated carbocycles. The van der Waals surface area contributed by atoms with Gasteiger partial charge in [0.15, 0.2) is 6.61 Å². The minimum absolute atomic E-state index is 0.0238. The zero-order valence-electron chi connectivity index (χ0n) is 19.4. The smallest absolute Gasteiger partial charge is 0.262 e. The van der Waals surface area contributed by atoms with Crippen molar-refractivity contribution in [2.75, 3.05) is 25.0 Å². The Kier molecular flexibility index (Phi) is 7.10. The van der Waals surface area contributed by atoms with Gasteiger partial charge in [-0.2, -0.15) is 0 Å². The number of benzene rings is 2. The van der Waals surface area contributed by atoms with Crippen LogP contribution in [0.3, 0.4) is 0 Å². The third-order valence-corrected chi connectivity index (χ3v) is 6.19. The second kappa shape index (κ2) is 10.2. The number of hydrogen-bond acceptors (Lipinski definition) is 4. The molecule has 32 heavy (non-hydrogen) atoms. The lowest BCUT2D eigenvalue weighted by Crippen LogP contribution is -2.33. The van der Waals surface area contributed by atoms with E-state index in [2.05, 4.69) is 34.7 Å². The third kappa shape index (κ3) is 5.49. The Balaban J connectivity index is 1.44. The van der Waals surface area contributed by atoms with Crippen LogP contribution in [0.25, 0.3) is 11.0 Å². The highest BCUT2D eigenvalue weighted by molar-refractivity contribution is 5.94. The lowest BCUT2D eigenvalue weighted by Gasteiger charge is -2.29. The number of nitrogens with zero attached hydrogens (tertiary/aromatic N) is 3. The van der Waals surface area contributed by atoms with Crippen LogP contribution in [0.15, 0.2) is 42.5 Å². The second-order valence-electron chi connectivity index (χ2n) is 8.99. The molecule has 1 N–H and O–H groups in total. The molecule has 2 aromatic carbocycles. The van der Waals surface area contributed by atoms with Gasteiger partial charge in [0.25, 0.3) is 5.91 Å². The molecule has 6 nitrogen and oxygen atoms in total. The predicted octanol–water partition coefficient (Wildman–Crippen LogP) is 5.00. The molecular formula is C26H34N4O2. The lowest BCUT2D eigenvalue weighted by molar-refractivity contribution is -0.118. The Morgan fingerprint density at radius 2 is 1.91 bits per heavy atom. The summed E-state index contributed by atoms with van der Waals surface area (Å²) in [4.78, 5) is 19.8. The summed E-state index contributed by atoms with van der Waals surface area (Å²) < 4.78 is 7.93. The standard InChI is InChI=1S/C26H34N4O2/c1-4-13-30-24-10-7-21(27-26(31)18-32-22-8-5-19(2)6-9-22)16-23(24)28-25(30)17-29-14-11-20(3)12-15-29/h5-10,16,20H,4,11-15,17-18H2,1-3H3,(H,27,31). The number of rotatable bonds is 8. The van der Waals surface area contributed by atoms with Crippen LogP contribution in [0.5, 0.6) is 5.75 Å². The van der Waals surface area contributed by atoms with Crippen molar-refractivity contribution in [2.45, 2.75) is 53.1 Å². The van der Waals surface area contributed by atoms with Crippen LogP contribution in [0.4, 0.5) is 5.69 Å². The molecule has 1 aliphatic heterocycles. The van der Waals surface area contributed by atoms with E-state index in [1.165, 1.54) is 12.8 Å². The molecule has 3 aromatic rings. The highest BCUT2D eigenvalue weighted by Crippen LogP contribution is 2.24. The normalized spacial score (nSPS) is 15.2. The van der Waals surface area contributed by atoms with Gasteiger partial charge in [0.2, 0.25) is 0 Å². The topological polar surface area (TPSA) is 59.4 Å². The summed E-state index contributed by atoms with van der Waals surface area (Å²) in [7, 11) is 0. The number of hydrogen-bond donors (Lipinski definition) is 1. The largest absolute Gasteiger partial charge is 0.484 e. The van der Waals surface area contributed by atoms with E-state index in [1.807, 2.05) is 43.3 Å². The molecule has 1 aromatic heterocycles. The van der Waals surface area contributed by atoms with Gasteiger partial charge in [-0.25, -0.2) is 4.98 Å². The Hall–Kier alpha value is -2.86. The first-order valence-corrected chi connectivity index (χ1v) is 11.7. The van der Waals surface area contributed by atoms with Crippen molar-refractivity contribution in [1.29, 1.82) is 0 Å². The zero-order chi connectivity index (χ0) is 22.5. The summed E-state index contributed by atoms with van der Waals surface area (Å²) in [5.41, 5.74) is 3.96. The summed E-state index contributed by atoms with van der Waals surface area (Å²) in [5.74, 6) is 2.45. The molecular weight excluding hydrogens is 400 g/mol. The van der Waals surface area contributed by atoms with Crippen molar-refractivity contribution in [1.82, 2.24) is 14.5 Å². The molecule has 1 aliphatic rings. The van der Waals surface area contributed by atoms with Gasteiger partial charge in [-0.05, 0) is 75.5 Å². The maximum absolute atomic E-state index is 12.4. The van der Waals surface area contributed by atoms with Gasteiger partial charge in [0.05, 0.1) is 17.6 Å². The lowest BCUT2D eigenvalue weighted by atomic mass is 9.99. The second-order valence-corrected chi connectivity index (χ2v) is 8.99. The molecule has 2 heterocycles. The van der Waals surface area contributed by atoms with Gasteiger partial charge < -0.3 is 14.6 Å². The number of fused-ring (bicyclic) bond motifs is 1. The van der Waals surface area contributed by atoms with Crippen molar-refractivity contribution in [3.63, 3.8) is 0 Å². The fourth-order valence-corrected chi connectivity index (χ4v) is 4.25. The molecule has 0 atom stereocenters. The van der Waals surface area contributed by atoms with Crippen molar-refractivity contribution in [3.05, 3.63) is 53.9 Å². The molecule has 170 valence electrons. The third-order valence-electron chi connectivity index (χ3n) is 6.19. The van der Waals surface area contributed by atoms with Crippen molar-refractivity contribution in [3.8, 4) is 5.75 Å². The maximum atomic E-state index is 12.4. The molecule has 1 saturated heterocycles. The van der Waals surface area contributed by atoms with E-state index in [-0.39, 0.29) is 12.5 Å². The number of nitrogens with one attached hydrogen (secondary N) is 1. The number of aryl methyl sites for hydroxylation is 2.